The van der Waals surface area contributed by atoms with Gasteiger partial charge in [0.25, 0.3) is 5.91 Å². The minimum atomic E-state index is -0.351. The Hall–Kier alpha value is -3.60. The van der Waals surface area contributed by atoms with Crippen LogP contribution >= 0.6 is 0 Å². The molecule has 150 valence electrons. The number of amides is 1. The fraction of sp³-hybridized carbons (Fsp3) is 0.200. The lowest BCUT2D eigenvalue weighted by atomic mass is 9.93. The number of carbonyl (C=O) groups excluding carboxylic acids is 2. The van der Waals surface area contributed by atoms with Gasteiger partial charge in [0.1, 0.15) is 11.9 Å². The summed E-state index contributed by atoms with van der Waals surface area (Å²) in [5, 5.41) is 3.12. The molecule has 0 unspecified atom stereocenters. The van der Waals surface area contributed by atoms with E-state index in [1.807, 2.05) is 60.7 Å². The summed E-state index contributed by atoms with van der Waals surface area (Å²) in [7, 11) is 0. The lowest BCUT2D eigenvalue weighted by Crippen LogP contribution is -2.32. The van der Waals surface area contributed by atoms with Crippen LogP contribution in [0, 0.1) is 0 Å². The van der Waals surface area contributed by atoms with Gasteiger partial charge < -0.3 is 14.8 Å². The standard InChI is InChI=1S/C25H21NO4/c27-24(26-21-12-13-29-22-9-5-4-8-20(21)22)17-10-11-19-18(14-17)15-23(30-25(19)28)16-6-2-1-3-7-16/h1-11,14,21,23H,12-13,15H2,(H,26,27)/t21-,23+/m1/s1. The van der Waals surface area contributed by atoms with Crippen LogP contribution in [-0.4, -0.2) is 18.5 Å². The third kappa shape index (κ3) is 3.43. The molecular formula is C25H21NO4. The van der Waals surface area contributed by atoms with E-state index in [-0.39, 0.29) is 24.0 Å². The number of cyclic esters (lactones) is 1. The smallest absolute Gasteiger partial charge is 0.339 e. The fourth-order valence-corrected chi connectivity index (χ4v) is 4.12. The van der Waals surface area contributed by atoms with E-state index < -0.39 is 0 Å². The van der Waals surface area contributed by atoms with E-state index in [0.29, 0.717) is 24.2 Å². The van der Waals surface area contributed by atoms with Gasteiger partial charge in [-0.2, -0.15) is 0 Å². The lowest BCUT2D eigenvalue weighted by Gasteiger charge is -2.27. The van der Waals surface area contributed by atoms with Gasteiger partial charge in [-0.3, -0.25) is 4.79 Å². The third-order valence-corrected chi connectivity index (χ3v) is 5.68. The number of ether oxygens (including phenoxy) is 2. The number of hydrogen-bond donors (Lipinski definition) is 1. The monoisotopic (exact) mass is 399 g/mol. The Labute approximate surface area is 174 Å². The van der Waals surface area contributed by atoms with Crippen molar-refractivity contribution < 1.29 is 19.1 Å². The number of benzene rings is 3. The maximum Gasteiger partial charge on any atom is 0.339 e. The van der Waals surface area contributed by atoms with E-state index in [0.717, 1.165) is 28.9 Å². The first-order chi connectivity index (χ1) is 14.7. The van der Waals surface area contributed by atoms with Crippen molar-refractivity contribution in [3.8, 4) is 5.75 Å². The molecule has 5 heteroatoms. The van der Waals surface area contributed by atoms with Crippen molar-refractivity contribution >= 4 is 11.9 Å². The molecule has 2 aliphatic heterocycles. The molecule has 0 bridgehead atoms. The van der Waals surface area contributed by atoms with Crippen LogP contribution in [0.15, 0.2) is 72.8 Å². The van der Waals surface area contributed by atoms with Crippen LogP contribution in [0.4, 0.5) is 0 Å². The molecule has 2 atom stereocenters. The topological polar surface area (TPSA) is 64.6 Å². The maximum absolute atomic E-state index is 13.0. The molecular weight excluding hydrogens is 378 g/mol. The van der Waals surface area contributed by atoms with E-state index in [9.17, 15) is 9.59 Å². The van der Waals surface area contributed by atoms with Gasteiger partial charge in [-0.15, -0.1) is 0 Å². The first-order valence-corrected chi connectivity index (χ1v) is 10.1. The molecule has 1 N–H and O–H groups in total. The van der Waals surface area contributed by atoms with Gasteiger partial charge in [-0.1, -0.05) is 48.5 Å². The average Bonchev–Trinajstić information content (AvgIpc) is 2.79. The Morgan fingerprint density at radius 1 is 0.967 bits per heavy atom. The molecule has 3 aromatic carbocycles. The third-order valence-electron chi connectivity index (χ3n) is 5.68. The molecule has 5 nitrogen and oxygen atoms in total. The Balaban J connectivity index is 1.38. The Morgan fingerprint density at radius 2 is 1.77 bits per heavy atom. The SMILES string of the molecule is O=C(N[C@@H]1CCOc2ccccc21)c1ccc2c(c1)C[C@@H](c1ccccc1)OC2=O. The number of carbonyl (C=O) groups is 2. The minimum absolute atomic E-state index is 0.0967. The highest BCUT2D eigenvalue weighted by Crippen LogP contribution is 2.33. The molecule has 30 heavy (non-hydrogen) atoms. The van der Waals surface area contributed by atoms with Crippen LogP contribution in [-0.2, 0) is 11.2 Å². The highest BCUT2D eigenvalue weighted by atomic mass is 16.5. The highest BCUT2D eigenvalue weighted by Gasteiger charge is 2.29. The molecule has 0 aromatic heterocycles. The normalized spacial score (nSPS) is 19.7. The van der Waals surface area contributed by atoms with Crippen LogP contribution in [0.25, 0.3) is 0 Å². The Kier molecular flexibility index (Phi) is 4.71. The summed E-state index contributed by atoms with van der Waals surface area (Å²) in [6.07, 6.45) is 0.925. The van der Waals surface area contributed by atoms with Crippen molar-refractivity contribution in [3.63, 3.8) is 0 Å². The number of nitrogens with one attached hydrogen (secondary N) is 1. The zero-order valence-electron chi connectivity index (χ0n) is 16.3. The largest absolute Gasteiger partial charge is 0.493 e. The van der Waals surface area contributed by atoms with Crippen LogP contribution in [0.5, 0.6) is 5.75 Å². The molecule has 0 fully saturated rings. The molecule has 0 aliphatic carbocycles. The van der Waals surface area contributed by atoms with Gasteiger partial charge in [-0.05, 0) is 35.4 Å². The van der Waals surface area contributed by atoms with Crippen LogP contribution < -0.4 is 10.1 Å². The van der Waals surface area contributed by atoms with Gasteiger partial charge >= 0.3 is 5.97 Å². The van der Waals surface area contributed by atoms with Crippen LogP contribution in [0.2, 0.25) is 0 Å². The van der Waals surface area contributed by atoms with Gasteiger partial charge in [0, 0.05) is 24.0 Å². The molecule has 1 amide bonds. The van der Waals surface area contributed by atoms with Crippen LogP contribution in [0.1, 0.15) is 56.0 Å². The maximum atomic E-state index is 13.0. The van der Waals surface area contributed by atoms with E-state index in [2.05, 4.69) is 5.32 Å². The van der Waals surface area contributed by atoms with E-state index in [1.54, 1.807) is 12.1 Å². The van der Waals surface area contributed by atoms with E-state index in [4.69, 9.17) is 9.47 Å². The van der Waals surface area contributed by atoms with E-state index >= 15 is 0 Å². The summed E-state index contributed by atoms with van der Waals surface area (Å²) in [4.78, 5) is 25.4. The quantitative estimate of drug-likeness (QED) is 0.664. The summed E-state index contributed by atoms with van der Waals surface area (Å²) in [5.41, 5.74) is 3.84. The van der Waals surface area contributed by atoms with Crippen molar-refractivity contribution in [2.45, 2.75) is 25.0 Å². The van der Waals surface area contributed by atoms with Gasteiger partial charge in [0.2, 0.25) is 0 Å². The van der Waals surface area contributed by atoms with Crippen molar-refractivity contribution in [2.24, 2.45) is 0 Å². The van der Waals surface area contributed by atoms with Crippen LogP contribution in [0.3, 0.4) is 0 Å². The number of rotatable bonds is 3. The summed E-state index contributed by atoms with van der Waals surface area (Å²) >= 11 is 0. The molecule has 3 aromatic rings. The number of hydrogen-bond acceptors (Lipinski definition) is 4. The number of esters is 1. The van der Waals surface area contributed by atoms with Crippen molar-refractivity contribution in [3.05, 3.63) is 101 Å². The second-order valence-electron chi connectivity index (χ2n) is 7.58. The molecule has 0 radical (unpaired) electrons. The second-order valence-corrected chi connectivity index (χ2v) is 7.58. The predicted molar refractivity (Wildman–Crippen MR) is 112 cm³/mol. The van der Waals surface area contributed by atoms with E-state index in [1.165, 1.54) is 0 Å². The zero-order chi connectivity index (χ0) is 20.5. The second kappa shape index (κ2) is 7.67. The lowest BCUT2D eigenvalue weighted by molar-refractivity contribution is 0.0252. The molecule has 2 heterocycles. The van der Waals surface area contributed by atoms with Crippen molar-refractivity contribution in [2.75, 3.05) is 6.61 Å². The highest BCUT2D eigenvalue weighted by molar-refractivity contribution is 5.98. The van der Waals surface area contributed by atoms with Gasteiger partial charge in [0.15, 0.2) is 0 Å². The zero-order valence-corrected chi connectivity index (χ0v) is 16.3. The first-order valence-electron chi connectivity index (χ1n) is 10.1. The summed E-state index contributed by atoms with van der Waals surface area (Å²) in [6.45, 7) is 0.566. The Morgan fingerprint density at radius 3 is 2.63 bits per heavy atom. The summed E-state index contributed by atoms with van der Waals surface area (Å²) < 4.78 is 11.3. The van der Waals surface area contributed by atoms with Crippen molar-refractivity contribution in [1.29, 1.82) is 0 Å². The minimum Gasteiger partial charge on any atom is -0.493 e. The summed E-state index contributed by atoms with van der Waals surface area (Å²) in [6, 6.07) is 22.5. The first kappa shape index (κ1) is 18.4. The van der Waals surface area contributed by atoms with Gasteiger partial charge in [0.05, 0.1) is 18.2 Å². The van der Waals surface area contributed by atoms with Crippen molar-refractivity contribution in [1.82, 2.24) is 5.32 Å². The molecule has 0 spiro atoms. The number of fused-ring (bicyclic) bond motifs is 2. The molecule has 0 saturated carbocycles. The Bertz CT molecular complexity index is 1110. The molecule has 5 rings (SSSR count). The molecule has 0 saturated heterocycles. The summed E-state index contributed by atoms with van der Waals surface area (Å²) in [5.74, 6) is 0.304. The predicted octanol–water partition coefficient (Wildman–Crippen LogP) is 4.39. The van der Waals surface area contributed by atoms with Gasteiger partial charge in [-0.25, -0.2) is 4.79 Å². The number of para-hydroxylation sites is 1. The molecule has 2 aliphatic rings. The average molecular weight is 399 g/mol. The fourth-order valence-electron chi connectivity index (χ4n) is 4.12.